The van der Waals surface area contributed by atoms with Crippen molar-refractivity contribution in [1.29, 1.82) is 0 Å². The molecule has 6 heteroatoms. The first-order chi connectivity index (χ1) is 12.5. The Bertz CT molecular complexity index is 842. The van der Waals surface area contributed by atoms with E-state index >= 15 is 0 Å². The third kappa shape index (κ3) is 4.14. The van der Waals surface area contributed by atoms with Crippen molar-refractivity contribution in [3.63, 3.8) is 0 Å². The number of amides is 1. The minimum atomic E-state index is -3.52. The molecular weight excluding hydrogens is 348 g/mol. The van der Waals surface area contributed by atoms with Crippen LogP contribution in [0.1, 0.15) is 41.6 Å². The van der Waals surface area contributed by atoms with Gasteiger partial charge < -0.3 is 5.32 Å². The van der Waals surface area contributed by atoms with E-state index in [4.69, 9.17) is 0 Å². The minimum Gasteiger partial charge on any atom is -0.348 e. The third-order valence-corrected chi connectivity index (χ3v) is 6.85. The molecule has 2 aromatic rings. The molecular formula is C20H24N2O3S. The van der Waals surface area contributed by atoms with Crippen molar-refractivity contribution in [3.05, 3.63) is 65.7 Å². The van der Waals surface area contributed by atoms with Crippen LogP contribution in [0.25, 0.3) is 0 Å². The van der Waals surface area contributed by atoms with Gasteiger partial charge in [-0.05, 0) is 42.7 Å². The molecule has 3 rings (SSSR count). The number of sulfonamides is 1. The molecule has 0 aromatic heterocycles. The average molecular weight is 372 g/mol. The normalized spacial score (nSPS) is 15.3. The second-order valence-corrected chi connectivity index (χ2v) is 8.65. The second kappa shape index (κ2) is 8.01. The van der Waals surface area contributed by atoms with Crippen molar-refractivity contribution in [1.82, 2.24) is 9.62 Å². The number of carbonyl (C=O) groups is 1. The zero-order chi connectivity index (χ0) is 18.6. The molecule has 0 saturated heterocycles. The van der Waals surface area contributed by atoms with Crippen LogP contribution < -0.4 is 5.32 Å². The van der Waals surface area contributed by atoms with Gasteiger partial charge >= 0.3 is 0 Å². The molecule has 0 aliphatic heterocycles. The summed E-state index contributed by atoms with van der Waals surface area (Å²) < 4.78 is 26.9. The second-order valence-electron chi connectivity index (χ2n) is 6.65. The number of carbonyl (C=O) groups excluding carboxylic acids is 1. The number of hydrogen-bond donors (Lipinski definition) is 1. The largest absolute Gasteiger partial charge is 0.348 e. The molecule has 1 aliphatic rings. The SMILES string of the molecule is CN(C1CCCC1)S(=O)(=O)c1ccc(C(=O)NCc2ccccc2)cc1. The molecule has 0 bridgehead atoms. The smallest absolute Gasteiger partial charge is 0.251 e. The molecule has 5 nitrogen and oxygen atoms in total. The van der Waals surface area contributed by atoms with Crippen molar-refractivity contribution in [2.75, 3.05) is 7.05 Å². The Morgan fingerprint density at radius 1 is 1.04 bits per heavy atom. The van der Waals surface area contributed by atoms with E-state index in [1.165, 1.54) is 16.4 Å². The molecule has 0 spiro atoms. The molecule has 1 aliphatic carbocycles. The summed E-state index contributed by atoms with van der Waals surface area (Å²) in [7, 11) is -1.87. The van der Waals surface area contributed by atoms with Gasteiger partial charge in [0.2, 0.25) is 10.0 Å². The Labute approximate surface area is 155 Å². The Hall–Kier alpha value is -2.18. The lowest BCUT2D eigenvalue weighted by Gasteiger charge is -2.23. The zero-order valence-electron chi connectivity index (χ0n) is 14.9. The average Bonchev–Trinajstić information content (AvgIpc) is 3.21. The summed E-state index contributed by atoms with van der Waals surface area (Å²) in [6.07, 6.45) is 3.97. The summed E-state index contributed by atoms with van der Waals surface area (Å²) in [6, 6.07) is 15.9. The van der Waals surface area contributed by atoms with Crippen molar-refractivity contribution in [3.8, 4) is 0 Å². The van der Waals surface area contributed by atoms with E-state index in [0.717, 1.165) is 31.2 Å². The van der Waals surface area contributed by atoms with Gasteiger partial charge in [0.05, 0.1) is 4.90 Å². The monoisotopic (exact) mass is 372 g/mol. The summed E-state index contributed by atoms with van der Waals surface area (Å²) in [5.41, 5.74) is 1.46. The van der Waals surface area contributed by atoms with Gasteiger partial charge in [0.15, 0.2) is 0 Å². The van der Waals surface area contributed by atoms with E-state index < -0.39 is 10.0 Å². The first kappa shape index (κ1) is 18.6. The van der Waals surface area contributed by atoms with Crippen LogP contribution in [0.15, 0.2) is 59.5 Å². The first-order valence-corrected chi connectivity index (χ1v) is 10.3. The minimum absolute atomic E-state index is 0.0776. The first-order valence-electron chi connectivity index (χ1n) is 8.89. The van der Waals surface area contributed by atoms with Crippen LogP contribution in [-0.4, -0.2) is 31.7 Å². The van der Waals surface area contributed by atoms with Gasteiger partial charge in [-0.15, -0.1) is 0 Å². The Morgan fingerprint density at radius 2 is 1.65 bits per heavy atom. The highest BCUT2D eigenvalue weighted by molar-refractivity contribution is 7.89. The molecule has 1 amide bonds. The molecule has 26 heavy (non-hydrogen) atoms. The molecule has 138 valence electrons. The lowest BCUT2D eigenvalue weighted by atomic mass is 10.2. The maximum Gasteiger partial charge on any atom is 0.251 e. The number of rotatable bonds is 6. The summed E-state index contributed by atoms with van der Waals surface area (Å²) in [5, 5.41) is 2.84. The lowest BCUT2D eigenvalue weighted by molar-refractivity contribution is 0.0951. The lowest BCUT2D eigenvalue weighted by Crippen LogP contribution is -2.35. The van der Waals surface area contributed by atoms with Crippen molar-refractivity contribution in [2.24, 2.45) is 0 Å². The van der Waals surface area contributed by atoms with Gasteiger partial charge in [-0.2, -0.15) is 4.31 Å². The highest BCUT2D eigenvalue weighted by atomic mass is 32.2. The van der Waals surface area contributed by atoms with E-state index in [1.807, 2.05) is 30.3 Å². The molecule has 1 fully saturated rings. The Balaban J connectivity index is 1.66. The molecule has 0 heterocycles. The quantitative estimate of drug-likeness (QED) is 0.847. The van der Waals surface area contributed by atoms with Gasteiger partial charge in [-0.1, -0.05) is 43.2 Å². The molecule has 0 atom stereocenters. The third-order valence-electron chi connectivity index (χ3n) is 4.93. The number of nitrogens with one attached hydrogen (secondary N) is 1. The van der Waals surface area contributed by atoms with Crippen LogP contribution in [0.5, 0.6) is 0 Å². The maximum atomic E-state index is 12.7. The predicted octanol–water partition coefficient (Wildman–Crippen LogP) is 3.18. The van der Waals surface area contributed by atoms with Gasteiger partial charge in [0.25, 0.3) is 5.91 Å². The number of benzene rings is 2. The Morgan fingerprint density at radius 3 is 2.27 bits per heavy atom. The molecule has 1 N–H and O–H groups in total. The van der Waals surface area contributed by atoms with E-state index in [0.29, 0.717) is 12.1 Å². The fourth-order valence-electron chi connectivity index (χ4n) is 3.29. The summed E-state index contributed by atoms with van der Waals surface area (Å²) in [6.45, 7) is 0.435. The molecule has 0 unspecified atom stereocenters. The van der Waals surface area contributed by atoms with Crippen LogP contribution in [0.2, 0.25) is 0 Å². The van der Waals surface area contributed by atoms with Crippen LogP contribution in [0.4, 0.5) is 0 Å². The summed E-state index contributed by atoms with van der Waals surface area (Å²) >= 11 is 0. The van der Waals surface area contributed by atoms with Crippen LogP contribution in [0, 0.1) is 0 Å². The zero-order valence-corrected chi connectivity index (χ0v) is 15.7. The highest BCUT2D eigenvalue weighted by Crippen LogP contribution is 2.27. The van der Waals surface area contributed by atoms with Crippen LogP contribution in [-0.2, 0) is 16.6 Å². The van der Waals surface area contributed by atoms with Gasteiger partial charge in [-0.3, -0.25) is 4.79 Å². The summed E-state index contributed by atoms with van der Waals surface area (Å²) in [5.74, 6) is -0.220. The predicted molar refractivity (Wildman–Crippen MR) is 101 cm³/mol. The molecule has 1 saturated carbocycles. The van der Waals surface area contributed by atoms with E-state index in [1.54, 1.807) is 19.2 Å². The van der Waals surface area contributed by atoms with Crippen molar-refractivity contribution >= 4 is 15.9 Å². The van der Waals surface area contributed by atoms with Gasteiger partial charge in [0.1, 0.15) is 0 Å². The van der Waals surface area contributed by atoms with Gasteiger partial charge in [0, 0.05) is 25.2 Å². The fraction of sp³-hybridized carbons (Fsp3) is 0.350. The summed E-state index contributed by atoms with van der Waals surface area (Å²) in [4.78, 5) is 12.5. The van der Waals surface area contributed by atoms with Gasteiger partial charge in [-0.25, -0.2) is 8.42 Å². The van der Waals surface area contributed by atoms with E-state index in [9.17, 15) is 13.2 Å². The van der Waals surface area contributed by atoms with Crippen molar-refractivity contribution < 1.29 is 13.2 Å². The standard InChI is InChI=1S/C20H24N2O3S/c1-22(18-9-5-6-10-18)26(24,25)19-13-11-17(12-14-19)20(23)21-15-16-7-3-2-4-8-16/h2-4,7-8,11-14,18H,5-6,9-10,15H2,1H3,(H,21,23). The molecule has 0 radical (unpaired) electrons. The topological polar surface area (TPSA) is 66.5 Å². The molecule has 2 aromatic carbocycles. The van der Waals surface area contributed by atoms with Crippen LogP contribution >= 0.6 is 0 Å². The van der Waals surface area contributed by atoms with E-state index in [2.05, 4.69) is 5.32 Å². The maximum absolute atomic E-state index is 12.7. The number of hydrogen-bond acceptors (Lipinski definition) is 3. The Kier molecular flexibility index (Phi) is 5.74. The number of nitrogens with zero attached hydrogens (tertiary/aromatic N) is 1. The van der Waals surface area contributed by atoms with E-state index in [-0.39, 0.29) is 16.8 Å². The van der Waals surface area contributed by atoms with Crippen molar-refractivity contribution in [2.45, 2.75) is 43.2 Å². The van der Waals surface area contributed by atoms with Crippen LogP contribution in [0.3, 0.4) is 0 Å². The highest BCUT2D eigenvalue weighted by Gasteiger charge is 2.29. The fourth-order valence-corrected chi connectivity index (χ4v) is 4.70.